The van der Waals surface area contributed by atoms with Gasteiger partial charge in [-0.15, -0.1) is 11.3 Å². The summed E-state index contributed by atoms with van der Waals surface area (Å²) in [6.45, 7) is 2.62. The molecule has 2 rings (SSSR count). The predicted octanol–water partition coefficient (Wildman–Crippen LogP) is 4.34. The summed E-state index contributed by atoms with van der Waals surface area (Å²) in [5, 5.41) is 14.0. The third-order valence-corrected chi connectivity index (χ3v) is 4.60. The van der Waals surface area contributed by atoms with Gasteiger partial charge in [0.25, 0.3) is 5.69 Å². The van der Waals surface area contributed by atoms with Gasteiger partial charge in [-0.2, -0.15) is 0 Å². The highest BCUT2D eigenvalue weighted by Crippen LogP contribution is 2.28. The first-order chi connectivity index (χ1) is 8.58. The number of nitrogens with one attached hydrogen (secondary N) is 1. The van der Waals surface area contributed by atoms with E-state index < -0.39 is 0 Å². The first-order valence-electron chi connectivity index (χ1n) is 5.30. The van der Waals surface area contributed by atoms with Crippen LogP contribution in [-0.4, -0.2) is 4.92 Å². The average molecular weight is 327 g/mol. The van der Waals surface area contributed by atoms with Crippen molar-refractivity contribution >= 4 is 38.6 Å². The molecule has 94 valence electrons. The van der Waals surface area contributed by atoms with Gasteiger partial charge in [-0.25, -0.2) is 0 Å². The van der Waals surface area contributed by atoms with Crippen LogP contribution in [0.1, 0.15) is 9.75 Å². The van der Waals surface area contributed by atoms with Crippen LogP contribution in [0.4, 0.5) is 11.4 Å². The Morgan fingerprint density at radius 1 is 1.44 bits per heavy atom. The molecule has 4 nitrogen and oxygen atoms in total. The number of hydrogen-bond acceptors (Lipinski definition) is 4. The van der Waals surface area contributed by atoms with Crippen LogP contribution in [0.2, 0.25) is 0 Å². The summed E-state index contributed by atoms with van der Waals surface area (Å²) in [7, 11) is 0. The fourth-order valence-corrected chi connectivity index (χ4v) is 3.11. The maximum atomic E-state index is 10.9. The summed E-state index contributed by atoms with van der Waals surface area (Å²) in [5.74, 6) is 0. The fourth-order valence-electron chi connectivity index (χ4n) is 1.57. The number of thiophene rings is 1. The van der Waals surface area contributed by atoms with Crippen LogP contribution in [0.15, 0.2) is 34.8 Å². The maximum Gasteiger partial charge on any atom is 0.292 e. The molecule has 0 radical (unpaired) electrons. The van der Waals surface area contributed by atoms with Crippen molar-refractivity contribution in [2.45, 2.75) is 13.5 Å². The molecule has 1 heterocycles. The molecule has 0 atom stereocenters. The first kappa shape index (κ1) is 13.0. The molecule has 6 heteroatoms. The Hall–Kier alpha value is -1.40. The zero-order chi connectivity index (χ0) is 13.1. The summed E-state index contributed by atoms with van der Waals surface area (Å²) in [4.78, 5) is 12.8. The molecule has 0 spiro atoms. The van der Waals surface area contributed by atoms with E-state index in [1.165, 1.54) is 10.9 Å². The fraction of sp³-hybridized carbons (Fsp3) is 0.167. The SMILES string of the molecule is Cc1sc(CNc2ccccc2[N+](=O)[O-])cc1Br. The van der Waals surface area contributed by atoms with E-state index in [2.05, 4.69) is 21.2 Å². The molecule has 0 amide bonds. The molecule has 0 aliphatic carbocycles. The lowest BCUT2D eigenvalue weighted by molar-refractivity contribution is -0.384. The van der Waals surface area contributed by atoms with E-state index in [0.717, 1.165) is 9.35 Å². The van der Waals surface area contributed by atoms with E-state index in [1.807, 2.05) is 13.0 Å². The number of hydrogen-bond donors (Lipinski definition) is 1. The number of nitro groups is 1. The van der Waals surface area contributed by atoms with Crippen LogP contribution in [-0.2, 0) is 6.54 Å². The van der Waals surface area contributed by atoms with E-state index in [4.69, 9.17) is 0 Å². The van der Waals surface area contributed by atoms with Crippen LogP contribution < -0.4 is 5.32 Å². The van der Waals surface area contributed by atoms with Crippen LogP contribution >= 0.6 is 27.3 Å². The monoisotopic (exact) mass is 326 g/mol. The summed E-state index contributed by atoms with van der Waals surface area (Å²) in [6.07, 6.45) is 0. The summed E-state index contributed by atoms with van der Waals surface area (Å²) < 4.78 is 1.08. The Morgan fingerprint density at radius 3 is 2.78 bits per heavy atom. The topological polar surface area (TPSA) is 55.2 Å². The molecule has 0 unspecified atom stereocenters. The van der Waals surface area contributed by atoms with Gasteiger partial charge >= 0.3 is 0 Å². The Bertz CT molecular complexity index is 564. The van der Waals surface area contributed by atoms with Gasteiger partial charge in [0.15, 0.2) is 0 Å². The van der Waals surface area contributed by atoms with Crippen LogP contribution in [0.3, 0.4) is 0 Å². The minimum absolute atomic E-state index is 0.102. The number of benzene rings is 1. The second-order valence-electron chi connectivity index (χ2n) is 3.74. The van der Waals surface area contributed by atoms with Gasteiger partial charge in [0.2, 0.25) is 0 Å². The number of para-hydroxylation sites is 2. The van der Waals surface area contributed by atoms with Crippen molar-refractivity contribution in [1.82, 2.24) is 0 Å². The van der Waals surface area contributed by atoms with Gasteiger partial charge in [0, 0.05) is 26.8 Å². The molecule has 18 heavy (non-hydrogen) atoms. The molecular weight excluding hydrogens is 316 g/mol. The number of aryl methyl sites for hydroxylation is 1. The van der Waals surface area contributed by atoms with Gasteiger partial charge < -0.3 is 5.32 Å². The molecular formula is C12H11BrN2O2S. The molecule has 2 aromatic rings. The van der Waals surface area contributed by atoms with E-state index in [9.17, 15) is 10.1 Å². The molecule has 0 fully saturated rings. The standard InChI is InChI=1S/C12H11BrN2O2S/c1-8-10(13)6-9(18-8)7-14-11-4-2-3-5-12(11)15(16)17/h2-6,14H,7H2,1H3. The number of halogens is 1. The highest BCUT2D eigenvalue weighted by atomic mass is 79.9. The second kappa shape index (κ2) is 5.49. The van der Waals surface area contributed by atoms with Crippen LogP contribution in [0.25, 0.3) is 0 Å². The van der Waals surface area contributed by atoms with Crippen molar-refractivity contribution in [3.8, 4) is 0 Å². The smallest absolute Gasteiger partial charge is 0.292 e. The number of nitrogens with zero attached hydrogens (tertiary/aromatic N) is 1. The predicted molar refractivity (Wildman–Crippen MR) is 77.2 cm³/mol. The average Bonchev–Trinajstić information content (AvgIpc) is 2.66. The minimum Gasteiger partial charge on any atom is -0.375 e. The largest absolute Gasteiger partial charge is 0.375 e. The quantitative estimate of drug-likeness (QED) is 0.671. The summed E-state index contributed by atoms with van der Waals surface area (Å²) in [5.41, 5.74) is 0.648. The second-order valence-corrected chi connectivity index (χ2v) is 5.94. The minimum atomic E-state index is -0.377. The summed E-state index contributed by atoms with van der Waals surface area (Å²) >= 11 is 5.12. The van der Waals surface area contributed by atoms with E-state index in [1.54, 1.807) is 29.5 Å². The number of rotatable bonds is 4. The zero-order valence-electron chi connectivity index (χ0n) is 9.64. The van der Waals surface area contributed by atoms with Crippen molar-refractivity contribution < 1.29 is 4.92 Å². The lowest BCUT2D eigenvalue weighted by Gasteiger charge is -2.05. The van der Waals surface area contributed by atoms with Gasteiger partial charge in [-0.3, -0.25) is 10.1 Å². The molecule has 0 saturated heterocycles. The Morgan fingerprint density at radius 2 is 2.17 bits per heavy atom. The number of nitro benzene ring substituents is 1. The van der Waals surface area contributed by atoms with Crippen LogP contribution in [0, 0.1) is 17.0 Å². The van der Waals surface area contributed by atoms with Gasteiger partial charge in [0.1, 0.15) is 5.69 Å². The normalized spacial score (nSPS) is 10.3. The van der Waals surface area contributed by atoms with Gasteiger partial charge in [-0.1, -0.05) is 12.1 Å². The highest BCUT2D eigenvalue weighted by molar-refractivity contribution is 9.10. The molecule has 0 aliphatic heterocycles. The van der Waals surface area contributed by atoms with E-state index in [0.29, 0.717) is 12.2 Å². The van der Waals surface area contributed by atoms with Gasteiger partial charge in [0.05, 0.1) is 4.92 Å². The van der Waals surface area contributed by atoms with E-state index >= 15 is 0 Å². The van der Waals surface area contributed by atoms with Crippen molar-refractivity contribution in [1.29, 1.82) is 0 Å². The third-order valence-electron chi connectivity index (χ3n) is 2.46. The lowest BCUT2D eigenvalue weighted by atomic mass is 10.2. The first-order valence-corrected chi connectivity index (χ1v) is 6.91. The molecule has 1 aromatic carbocycles. The van der Waals surface area contributed by atoms with Crippen molar-refractivity contribution in [3.63, 3.8) is 0 Å². The zero-order valence-corrected chi connectivity index (χ0v) is 12.0. The number of anilines is 1. The summed E-state index contributed by atoms with van der Waals surface area (Å²) in [6, 6.07) is 8.69. The van der Waals surface area contributed by atoms with Gasteiger partial charge in [-0.05, 0) is 35.0 Å². The third kappa shape index (κ3) is 2.88. The maximum absolute atomic E-state index is 10.9. The highest BCUT2D eigenvalue weighted by Gasteiger charge is 2.12. The molecule has 0 saturated carbocycles. The lowest BCUT2D eigenvalue weighted by Crippen LogP contribution is -2.01. The van der Waals surface area contributed by atoms with Crippen molar-refractivity contribution in [2.24, 2.45) is 0 Å². The Labute approximate surface area is 117 Å². The Balaban J connectivity index is 2.13. The van der Waals surface area contributed by atoms with Crippen molar-refractivity contribution in [3.05, 3.63) is 54.7 Å². The molecule has 1 N–H and O–H groups in total. The molecule has 1 aromatic heterocycles. The van der Waals surface area contributed by atoms with Crippen molar-refractivity contribution in [2.75, 3.05) is 5.32 Å². The molecule has 0 aliphatic rings. The van der Waals surface area contributed by atoms with E-state index in [-0.39, 0.29) is 10.6 Å². The Kier molecular flexibility index (Phi) is 3.98. The molecule has 0 bridgehead atoms. The van der Waals surface area contributed by atoms with Crippen LogP contribution in [0.5, 0.6) is 0 Å².